The average molecular weight is 176 g/mol. The summed E-state index contributed by atoms with van der Waals surface area (Å²) >= 11 is 0. The molecule has 0 spiro atoms. The molecule has 0 N–H and O–H groups in total. The van der Waals surface area contributed by atoms with Gasteiger partial charge in [0.2, 0.25) is 6.79 Å². The molecular formula is C10H8O3. The molecule has 0 radical (unpaired) electrons. The first-order valence-electron chi connectivity index (χ1n) is 4.13. The number of hydrogen-bond donors (Lipinski definition) is 0. The normalized spacial score (nSPS) is 13.9. The molecule has 1 aromatic heterocycles. The molecule has 0 saturated heterocycles. The van der Waals surface area contributed by atoms with E-state index in [1.165, 1.54) is 0 Å². The van der Waals surface area contributed by atoms with Gasteiger partial charge >= 0.3 is 0 Å². The van der Waals surface area contributed by atoms with Crippen LogP contribution in [0.15, 0.2) is 22.6 Å². The lowest BCUT2D eigenvalue weighted by Crippen LogP contribution is -1.92. The van der Waals surface area contributed by atoms with E-state index in [4.69, 9.17) is 13.9 Å². The van der Waals surface area contributed by atoms with Crippen LogP contribution in [0, 0.1) is 6.92 Å². The fraction of sp³-hybridized carbons (Fsp3) is 0.200. The molecule has 0 aliphatic carbocycles. The highest BCUT2D eigenvalue weighted by molar-refractivity contribution is 5.82. The third kappa shape index (κ3) is 0.900. The quantitative estimate of drug-likeness (QED) is 0.617. The molecule has 0 atom stereocenters. The standard InChI is InChI=1S/C10H8O3/c1-6-2-7-3-9-10(12-5-11-9)4-8(7)13-6/h2-4H,5H2,1H3. The van der Waals surface area contributed by atoms with Gasteiger partial charge in [0.05, 0.1) is 0 Å². The summed E-state index contributed by atoms with van der Waals surface area (Å²) in [5, 5.41) is 1.06. The predicted molar refractivity (Wildman–Crippen MR) is 47.1 cm³/mol. The number of hydrogen-bond acceptors (Lipinski definition) is 3. The maximum absolute atomic E-state index is 5.46. The Morgan fingerprint density at radius 1 is 1.08 bits per heavy atom. The first-order chi connectivity index (χ1) is 6.33. The Balaban J connectivity index is 2.35. The van der Waals surface area contributed by atoms with Gasteiger partial charge in [0.1, 0.15) is 11.3 Å². The third-order valence-corrected chi connectivity index (χ3v) is 2.13. The maximum atomic E-state index is 5.46. The van der Waals surface area contributed by atoms with Gasteiger partial charge in [-0.25, -0.2) is 0 Å². The molecule has 0 saturated carbocycles. The Kier molecular flexibility index (Phi) is 1.15. The minimum atomic E-state index is 0.306. The molecule has 0 fully saturated rings. The van der Waals surface area contributed by atoms with Crippen LogP contribution in [0.4, 0.5) is 0 Å². The maximum Gasteiger partial charge on any atom is 0.231 e. The van der Waals surface area contributed by atoms with Crippen molar-refractivity contribution in [2.45, 2.75) is 6.92 Å². The summed E-state index contributed by atoms with van der Waals surface area (Å²) in [6.45, 7) is 2.23. The van der Waals surface area contributed by atoms with E-state index < -0.39 is 0 Å². The summed E-state index contributed by atoms with van der Waals surface area (Å²) in [6, 6.07) is 5.79. The van der Waals surface area contributed by atoms with Crippen molar-refractivity contribution in [3.63, 3.8) is 0 Å². The molecule has 1 aliphatic rings. The number of furan rings is 1. The second kappa shape index (κ2) is 2.19. The predicted octanol–water partition coefficient (Wildman–Crippen LogP) is 2.47. The Labute approximate surface area is 74.9 Å². The largest absolute Gasteiger partial charge is 0.461 e. The molecule has 3 nitrogen and oxygen atoms in total. The van der Waals surface area contributed by atoms with Gasteiger partial charge in [0.25, 0.3) is 0 Å². The zero-order chi connectivity index (χ0) is 8.84. The Morgan fingerprint density at radius 3 is 2.69 bits per heavy atom. The molecule has 1 aliphatic heterocycles. The van der Waals surface area contributed by atoms with Gasteiger partial charge in [0, 0.05) is 11.5 Å². The number of ether oxygens (including phenoxy) is 2. The average Bonchev–Trinajstić information content (AvgIpc) is 2.63. The van der Waals surface area contributed by atoms with Crippen LogP contribution in [0.1, 0.15) is 5.76 Å². The topological polar surface area (TPSA) is 31.6 Å². The van der Waals surface area contributed by atoms with E-state index in [1.54, 1.807) is 0 Å². The Hall–Kier alpha value is -1.64. The smallest absolute Gasteiger partial charge is 0.231 e. The zero-order valence-electron chi connectivity index (χ0n) is 7.16. The molecule has 0 amide bonds. The van der Waals surface area contributed by atoms with Gasteiger partial charge in [-0.05, 0) is 19.1 Å². The molecular weight excluding hydrogens is 168 g/mol. The molecule has 13 heavy (non-hydrogen) atoms. The van der Waals surface area contributed by atoms with E-state index in [0.717, 1.165) is 28.2 Å². The highest BCUT2D eigenvalue weighted by Gasteiger charge is 2.15. The van der Waals surface area contributed by atoms with E-state index in [1.807, 2.05) is 25.1 Å². The summed E-state index contributed by atoms with van der Waals surface area (Å²) < 4.78 is 15.9. The monoisotopic (exact) mass is 176 g/mol. The van der Waals surface area contributed by atoms with Crippen molar-refractivity contribution < 1.29 is 13.9 Å². The van der Waals surface area contributed by atoms with E-state index in [0.29, 0.717) is 6.79 Å². The summed E-state index contributed by atoms with van der Waals surface area (Å²) in [7, 11) is 0. The fourth-order valence-electron chi connectivity index (χ4n) is 1.56. The lowest BCUT2D eigenvalue weighted by atomic mass is 10.2. The van der Waals surface area contributed by atoms with Crippen LogP contribution >= 0.6 is 0 Å². The van der Waals surface area contributed by atoms with Crippen molar-refractivity contribution >= 4 is 11.0 Å². The molecule has 3 heteroatoms. The molecule has 2 aromatic rings. The van der Waals surface area contributed by atoms with Crippen molar-refractivity contribution in [2.75, 3.05) is 6.79 Å². The second-order valence-electron chi connectivity index (χ2n) is 3.10. The molecule has 1 aromatic carbocycles. The van der Waals surface area contributed by atoms with Gasteiger partial charge in [-0.3, -0.25) is 0 Å². The van der Waals surface area contributed by atoms with E-state index in [2.05, 4.69) is 0 Å². The Morgan fingerprint density at radius 2 is 1.85 bits per heavy atom. The second-order valence-corrected chi connectivity index (χ2v) is 3.10. The first kappa shape index (κ1) is 6.83. The Bertz CT molecular complexity index is 429. The minimum Gasteiger partial charge on any atom is -0.461 e. The molecule has 3 rings (SSSR count). The van der Waals surface area contributed by atoms with Crippen molar-refractivity contribution in [1.29, 1.82) is 0 Å². The summed E-state index contributed by atoms with van der Waals surface area (Å²) in [6.07, 6.45) is 0. The zero-order valence-corrected chi connectivity index (χ0v) is 7.16. The van der Waals surface area contributed by atoms with Crippen LogP contribution in [0.2, 0.25) is 0 Å². The van der Waals surface area contributed by atoms with Crippen LogP contribution in [-0.2, 0) is 0 Å². The van der Waals surface area contributed by atoms with Crippen LogP contribution < -0.4 is 9.47 Å². The van der Waals surface area contributed by atoms with Gasteiger partial charge < -0.3 is 13.9 Å². The van der Waals surface area contributed by atoms with Crippen molar-refractivity contribution in [1.82, 2.24) is 0 Å². The van der Waals surface area contributed by atoms with Gasteiger partial charge in [-0.1, -0.05) is 0 Å². The van der Waals surface area contributed by atoms with Crippen molar-refractivity contribution in [2.24, 2.45) is 0 Å². The summed E-state index contributed by atoms with van der Waals surface area (Å²) in [5.74, 6) is 2.47. The van der Waals surface area contributed by atoms with Gasteiger partial charge in [0.15, 0.2) is 11.5 Å². The molecule has 0 unspecified atom stereocenters. The highest BCUT2D eigenvalue weighted by atomic mass is 16.7. The van der Waals surface area contributed by atoms with Crippen LogP contribution in [0.3, 0.4) is 0 Å². The van der Waals surface area contributed by atoms with E-state index in [9.17, 15) is 0 Å². The first-order valence-corrected chi connectivity index (χ1v) is 4.13. The highest BCUT2D eigenvalue weighted by Crippen LogP contribution is 2.36. The van der Waals surface area contributed by atoms with Crippen molar-refractivity contribution in [3.8, 4) is 11.5 Å². The minimum absolute atomic E-state index is 0.306. The van der Waals surface area contributed by atoms with Gasteiger partial charge in [-0.15, -0.1) is 0 Å². The molecule has 66 valence electrons. The number of fused-ring (bicyclic) bond motifs is 2. The third-order valence-electron chi connectivity index (χ3n) is 2.13. The van der Waals surface area contributed by atoms with Crippen LogP contribution in [0.25, 0.3) is 11.0 Å². The van der Waals surface area contributed by atoms with Crippen LogP contribution in [-0.4, -0.2) is 6.79 Å². The van der Waals surface area contributed by atoms with Crippen LogP contribution in [0.5, 0.6) is 11.5 Å². The summed E-state index contributed by atoms with van der Waals surface area (Å²) in [5.41, 5.74) is 0.849. The number of aryl methyl sites for hydroxylation is 1. The van der Waals surface area contributed by atoms with E-state index >= 15 is 0 Å². The van der Waals surface area contributed by atoms with Crippen molar-refractivity contribution in [3.05, 3.63) is 24.0 Å². The number of benzene rings is 1. The lowest BCUT2D eigenvalue weighted by molar-refractivity contribution is 0.174. The summed E-state index contributed by atoms with van der Waals surface area (Å²) in [4.78, 5) is 0. The fourth-order valence-corrected chi connectivity index (χ4v) is 1.56. The number of rotatable bonds is 0. The molecule has 2 heterocycles. The SMILES string of the molecule is Cc1cc2cc3c(cc2o1)OCO3. The lowest BCUT2D eigenvalue weighted by Gasteiger charge is -1.93. The molecule has 0 bridgehead atoms. The van der Waals surface area contributed by atoms with E-state index in [-0.39, 0.29) is 0 Å². The van der Waals surface area contributed by atoms with Gasteiger partial charge in [-0.2, -0.15) is 0 Å².